The van der Waals surface area contributed by atoms with Crippen LogP contribution in [0.5, 0.6) is 0 Å². The van der Waals surface area contributed by atoms with Crippen molar-refractivity contribution in [2.75, 3.05) is 50.7 Å². The summed E-state index contributed by atoms with van der Waals surface area (Å²) in [5.41, 5.74) is 0.640. The van der Waals surface area contributed by atoms with Gasteiger partial charge >= 0.3 is 0 Å². The number of hydrogen-bond donors (Lipinski definition) is 2. The highest BCUT2D eigenvalue weighted by molar-refractivity contribution is 6.00. The summed E-state index contributed by atoms with van der Waals surface area (Å²) in [5, 5.41) is 13.4. The fourth-order valence-electron chi connectivity index (χ4n) is 2.23. The predicted molar refractivity (Wildman–Crippen MR) is 82.4 cm³/mol. The van der Waals surface area contributed by atoms with Crippen LogP contribution in [0.25, 0.3) is 10.8 Å². The largest absolute Gasteiger partial charge is 0.395 e. The Balaban J connectivity index is 2.46. The lowest BCUT2D eigenvalue weighted by Gasteiger charge is -2.20. The van der Waals surface area contributed by atoms with Gasteiger partial charge in [-0.1, -0.05) is 12.1 Å². The van der Waals surface area contributed by atoms with E-state index in [2.05, 4.69) is 10.3 Å². The molecule has 2 aromatic rings. The third-order valence-electron chi connectivity index (χ3n) is 3.26. The molecule has 0 unspecified atom stereocenters. The second kappa shape index (κ2) is 7.19. The quantitative estimate of drug-likeness (QED) is 0.763. The molecule has 21 heavy (non-hydrogen) atoms. The van der Waals surface area contributed by atoms with Crippen LogP contribution in [-0.2, 0) is 4.74 Å². The van der Waals surface area contributed by atoms with Gasteiger partial charge in [0.05, 0.1) is 25.1 Å². The number of methoxy groups -OCH3 is 1. The van der Waals surface area contributed by atoms with E-state index in [0.717, 1.165) is 0 Å². The van der Waals surface area contributed by atoms with E-state index in [-0.39, 0.29) is 12.4 Å². The van der Waals surface area contributed by atoms with Crippen LogP contribution in [0.15, 0.2) is 24.4 Å². The smallest absolute Gasteiger partial charge is 0.136 e. The van der Waals surface area contributed by atoms with E-state index < -0.39 is 0 Å². The molecule has 6 heteroatoms. The number of anilines is 2. The molecule has 1 aromatic carbocycles. The van der Waals surface area contributed by atoms with Crippen LogP contribution in [0.1, 0.15) is 0 Å². The first-order chi connectivity index (χ1) is 10.2. The monoisotopic (exact) mass is 293 g/mol. The van der Waals surface area contributed by atoms with Crippen molar-refractivity contribution in [1.29, 1.82) is 0 Å². The number of nitrogens with one attached hydrogen (secondary N) is 1. The van der Waals surface area contributed by atoms with Crippen molar-refractivity contribution in [3.8, 4) is 0 Å². The molecule has 0 aliphatic heterocycles. The van der Waals surface area contributed by atoms with Crippen molar-refractivity contribution < 1.29 is 14.2 Å². The van der Waals surface area contributed by atoms with Gasteiger partial charge in [0.2, 0.25) is 0 Å². The average molecular weight is 293 g/mol. The van der Waals surface area contributed by atoms with E-state index >= 15 is 0 Å². The average Bonchev–Trinajstić information content (AvgIpc) is 2.48. The van der Waals surface area contributed by atoms with E-state index in [9.17, 15) is 4.39 Å². The number of pyridine rings is 1. The number of aliphatic hydroxyl groups excluding tert-OH is 1. The first-order valence-electron chi connectivity index (χ1n) is 6.81. The molecular formula is C15H20FN3O2. The summed E-state index contributed by atoms with van der Waals surface area (Å²) in [6.07, 6.45) is 1.62. The molecule has 0 spiro atoms. The van der Waals surface area contributed by atoms with Crippen LogP contribution in [0.2, 0.25) is 0 Å². The molecule has 0 fully saturated rings. The van der Waals surface area contributed by atoms with Crippen LogP contribution in [0, 0.1) is 5.82 Å². The first-order valence-corrected chi connectivity index (χ1v) is 6.81. The molecular weight excluding hydrogens is 273 g/mol. The van der Waals surface area contributed by atoms with Crippen LogP contribution in [0.4, 0.5) is 15.9 Å². The minimum atomic E-state index is -0.298. The Morgan fingerprint density at radius 3 is 2.95 bits per heavy atom. The van der Waals surface area contributed by atoms with Gasteiger partial charge in [-0.05, 0) is 6.07 Å². The van der Waals surface area contributed by atoms with Gasteiger partial charge in [-0.3, -0.25) is 0 Å². The number of rotatable bonds is 7. The lowest BCUT2D eigenvalue weighted by molar-refractivity contribution is 0.211. The van der Waals surface area contributed by atoms with Gasteiger partial charge in [-0.25, -0.2) is 9.37 Å². The fourth-order valence-corrected chi connectivity index (χ4v) is 2.23. The highest BCUT2D eigenvalue weighted by Gasteiger charge is 2.13. The Labute approximate surface area is 123 Å². The van der Waals surface area contributed by atoms with Gasteiger partial charge in [0, 0.05) is 38.0 Å². The minimum Gasteiger partial charge on any atom is -0.395 e. The maximum absolute atomic E-state index is 14.2. The van der Waals surface area contributed by atoms with Crippen LogP contribution >= 0.6 is 0 Å². The summed E-state index contributed by atoms with van der Waals surface area (Å²) >= 11 is 0. The summed E-state index contributed by atoms with van der Waals surface area (Å²) in [5.74, 6) is 0.351. The van der Waals surface area contributed by atoms with E-state index in [1.807, 2.05) is 13.1 Å². The Morgan fingerprint density at radius 2 is 2.24 bits per heavy atom. The normalized spacial score (nSPS) is 10.9. The number of likely N-dealkylation sites (N-methyl/N-ethyl adjacent to an activating group) is 1. The van der Waals surface area contributed by atoms with Gasteiger partial charge < -0.3 is 20.1 Å². The molecule has 0 aliphatic rings. The Kier molecular flexibility index (Phi) is 5.30. The summed E-state index contributed by atoms with van der Waals surface area (Å²) in [6.45, 7) is 1.56. The molecule has 2 rings (SSSR count). The molecule has 0 amide bonds. The summed E-state index contributed by atoms with van der Waals surface area (Å²) < 4.78 is 19.2. The number of halogens is 1. The van der Waals surface area contributed by atoms with Crippen molar-refractivity contribution >= 4 is 22.3 Å². The van der Waals surface area contributed by atoms with Crippen molar-refractivity contribution in [1.82, 2.24) is 4.98 Å². The maximum atomic E-state index is 14.2. The number of nitrogens with zero attached hydrogens (tertiary/aromatic N) is 2. The predicted octanol–water partition coefficient (Wildman–Crippen LogP) is 1.86. The molecule has 1 heterocycles. The van der Waals surface area contributed by atoms with E-state index in [4.69, 9.17) is 9.84 Å². The van der Waals surface area contributed by atoms with Crippen molar-refractivity contribution in [3.05, 3.63) is 30.2 Å². The number of fused-ring (bicyclic) bond motifs is 1. The molecule has 0 bridgehead atoms. The first kappa shape index (κ1) is 15.5. The zero-order chi connectivity index (χ0) is 15.2. The van der Waals surface area contributed by atoms with E-state index in [0.29, 0.717) is 42.0 Å². The highest BCUT2D eigenvalue weighted by Crippen LogP contribution is 2.31. The van der Waals surface area contributed by atoms with E-state index in [1.165, 1.54) is 6.07 Å². The van der Waals surface area contributed by atoms with Crippen molar-refractivity contribution in [3.63, 3.8) is 0 Å². The number of benzene rings is 1. The minimum absolute atomic E-state index is 0.0167. The van der Waals surface area contributed by atoms with Crippen molar-refractivity contribution in [2.24, 2.45) is 0 Å². The second-order valence-corrected chi connectivity index (χ2v) is 4.72. The molecule has 5 nitrogen and oxygen atoms in total. The SMILES string of the molecule is COCCNc1cnc(N(C)CCO)c2cccc(F)c12. The Bertz CT molecular complexity index is 607. The highest BCUT2D eigenvalue weighted by atomic mass is 19.1. The molecule has 2 N–H and O–H groups in total. The fraction of sp³-hybridized carbons (Fsp3) is 0.400. The topological polar surface area (TPSA) is 57.6 Å². The number of ether oxygens (including phenoxy) is 1. The third-order valence-corrected chi connectivity index (χ3v) is 3.26. The Hall–Kier alpha value is -1.92. The molecule has 1 aromatic heterocycles. The number of hydrogen-bond acceptors (Lipinski definition) is 5. The summed E-state index contributed by atoms with van der Waals surface area (Å²) in [6, 6.07) is 4.92. The summed E-state index contributed by atoms with van der Waals surface area (Å²) in [7, 11) is 3.44. The van der Waals surface area contributed by atoms with E-state index in [1.54, 1.807) is 24.3 Å². The van der Waals surface area contributed by atoms with Gasteiger partial charge in [0.1, 0.15) is 11.6 Å². The second-order valence-electron chi connectivity index (χ2n) is 4.72. The van der Waals surface area contributed by atoms with Gasteiger partial charge in [0.15, 0.2) is 0 Å². The summed E-state index contributed by atoms with van der Waals surface area (Å²) in [4.78, 5) is 6.20. The molecule has 0 saturated carbocycles. The number of aromatic nitrogens is 1. The van der Waals surface area contributed by atoms with Gasteiger partial charge in [-0.2, -0.15) is 0 Å². The molecule has 0 aliphatic carbocycles. The van der Waals surface area contributed by atoms with Crippen LogP contribution in [-0.4, -0.2) is 50.6 Å². The van der Waals surface area contributed by atoms with Crippen LogP contribution < -0.4 is 10.2 Å². The molecule has 0 atom stereocenters. The van der Waals surface area contributed by atoms with Gasteiger partial charge in [0.25, 0.3) is 0 Å². The molecule has 0 radical (unpaired) electrons. The molecule has 0 saturated heterocycles. The van der Waals surface area contributed by atoms with Gasteiger partial charge in [-0.15, -0.1) is 0 Å². The van der Waals surface area contributed by atoms with Crippen LogP contribution in [0.3, 0.4) is 0 Å². The number of aliphatic hydroxyl groups is 1. The standard InChI is InChI=1S/C15H20FN3O2/c1-19(7-8-20)15-11-4-3-5-12(16)14(11)13(10-18-15)17-6-9-21-2/h3-5,10,17,20H,6-9H2,1-2H3. The Morgan fingerprint density at radius 1 is 1.43 bits per heavy atom. The zero-order valence-corrected chi connectivity index (χ0v) is 12.3. The third kappa shape index (κ3) is 3.40. The zero-order valence-electron chi connectivity index (χ0n) is 12.3. The molecule has 114 valence electrons. The van der Waals surface area contributed by atoms with Crippen molar-refractivity contribution in [2.45, 2.75) is 0 Å². The lowest BCUT2D eigenvalue weighted by atomic mass is 10.1. The lowest BCUT2D eigenvalue weighted by Crippen LogP contribution is -2.22. The maximum Gasteiger partial charge on any atom is 0.136 e.